The van der Waals surface area contributed by atoms with E-state index in [0.717, 1.165) is 32.5 Å². The van der Waals surface area contributed by atoms with Gasteiger partial charge >= 0.3 is 0 Å². The summed E-state index contributed by atoms with van der Waals surface area (Å²) in [5, 5.41) is 10.4. The van der Waals surface area contributed by atoms with E-state index in [0.29, 0.717) is 5.92 Å². The molecule has 1 aliphatic heterocycles. The highest BCUT2D eigenvalue weighted by Crippen LogP contribution is 2.23. The van der Waals surface area contributed by atoms with Crippen LogP contribution in [0.15, 0.2) is 54.6 Å². The van der Waals surface area contributed by atoms with Crippen molar-refractivity contribution in [1.82, 2.24) is 4.90 Å². The lowest BCUT2D eigenvalue weighted by atomic mass is 9.88. The van der Waals surface area contributed by atoms with Crippen LogP contribution < -0.4 is 0 Å². The Hall–Kier alpha value is -1.64. The van der Waals surface area contributed by atoms with E-state index in [-0.39, 0.29) is 6.10 Å². The van der Waals surface area contributed by atoms with Gasteiger partial charge in [-0.05, 0) is 30.9 Å². The Morgan fingerprint density at radius 3 is 2.59 bits per heavy atom. The van der Waals surface area contributed by atoms with Gasteiger partial charge in [-0.25, -0.2) is 0 Å². The van der Waals surface area contributed by atoms with E-state index in [1.165, 1.54) is 16.7 Å². The zero-order valence-corrected chi connectivity index (χ0v) is 13.3. The second-order valence-corrected chi connectivity index (χ2v) is 6.53. The molecule has 3 rings (SSSR count). The molecule has 2 atom stereocenters. The quantitative estimate of drug-likeness (QED) is 0.934. The summed E-state index contributed by atoms with van der Waals surface area (Å²) in [5.74, 6) is 0.333. The first-order valence-corrected chi connectivity index (χ1v) is 8.20. The summed E-state index contributed by atoms with van der Waals surface area (Å²) in [6, 6.07) is 19.3. The smallest absolute Gasteiger partial charge is 0.0596 e. The van der Waals surface area contributed by atoms with Crippen molar-refractivity contribution in [2.75, 3.05) is 13.1 Å². The molecule has 0 spiro atoms. The molecule has 2 heteroatoms. The van der Waals surface area contributed by atoms with Gasteiger partial charge in [0.05, 0.1) is 6.10 Å². The number of aliphatic hydroxyl groups excluding tert-OH is 1. The first-order valence-electron chi connectivity index (χ1n) is 8.20. The molecule has 116 valence electrons. The van der Waals surface area contributed by atoms with Crippen LogP contribution >= 0.6 is 0 Å². The Morgan fingerprint density at radius 1 is 1.05 bits per heavy atom. The van der Waals surface area contributed by atoms with E-state index in [1.54, 1.807) is 0 Å². The van der Waals surface area contributed by atoms with Crippen molar-refractivity contribution in [3.63, 3.8) is 0 Å². The van der Waals surface area contributed by atoms with Gasteiger partial charge in [0.25, 0.3) is 0 Å². The number of likely N-dealkylation sites (tertiary alicyclic amines) is 1. The molecule has 1 aliphatic rings. The van der Waals surface area contributed by atoms with Crippen molar-refractivity contribution < 1.29 is 5.11 Å². The second-order valence-electron chi connectivity index (χ2n) is 6.53. The number of hydrogen-bond donors (Lipinski definition) is 1. The number of aryl methyl sites for hydroxylation is 1. The lowest BCUT2D eigenvalue weighted by Gasteiger charge is -2.36. The SMILES string of the molecule is Cc1cccc(CC2CN(Cc3ccccc3)CCC2O)c1. The van der Waals surface area contributed by atoms with Crippen molar-refractivity contribution in [1.29, 1.82) is 0 Å². The predicted molar refractivity (Wildman–Crippen MR) is 90.7 cm³/mol. The average Bonchev–Trinajstić information content (AvgIpc) is 2.52. The Bertz CT molecular complexity index is 596. The van der Waals surface area contributed by atoms with Gasteiger partial charge in [0, 0.05) is 25.6 Å². The third-order valence-corrected chi connectivity index (χ3v) is 4.61. The molecule has 2 nitrogen and oxygen atoms in total. The van der Waals surface area contributed by atoms with Gasteiger partial charge in [0.1, 0.15) is 0 Å². The van der Waals surface area contributed by atoms with Crippen molar-refractivity contribution >= 4 is 0 Å². The van der Waals surface area contributed by atoms with Crippen LogP contribution in [0.1, 0.15) is 23.1 Å². The third-order valence-electron chi connectivity index (χ3n) is 4.61. The molecule has 0 saturated carbocycles. The standard InChI is InChI=1S/C20H25NO/c1-16-6-5-9-18(12-16)13-19-15-21(11-10-20(19)22)14-17-7-3-2-4-8-17/h2-9,12,19-20,22H,10-11,13-15H2,1H3. The summed E-state index contributed by atoms with van der Waals surface area (Å²) >= 11 is 0. The van der Waals surface area contributed by atoms with Gasteiger partial charge in [0.15, 0.2) is 0 Å². The second kappa shape index (κ2) is 7.08. The van der Waals surface area contributed by atoms with Crippen LogP contribution in [0.2, 0.25) is 0 Å². The molecule has 1 heterocycles. The van der Waals surface area contributed by atoms with Gasteiger partial charge in [-0.2, -0.15) is 0 Å². The molecule has 1 saturated heterocycles. The lowest BCUT2D eigenvalue weighted by Crippen LogP contribution is -2.43. The molecule has 1 N–H and O–H groups in total. The number of nitrogens with zero attached hydrogens (tertiary/aromatic N) is 1. The van der Waals surface area contributed by atoms with E-state index in [1.807, 2.05) is 0 Å². The normalized spacial score (nSPS) is 22.6. The third kappa shape index (κ3) is 3.96. The van der Waals surface area contributed by atoms with E-state index in [2.05, 4.69) is 66.4 Å². The molecule has 0 bridgehead atoms. The number of piperidine rings is 1. The Labute approximate surface area is 133 Å². The number of rotatable bonds is 4. The van der Waals surface area contributed by atoms with Crippen LogP contribution in [0.25, 0.3) is 0 Å². The van der Waals surface area contributed by atoms with Gasteiger partial charge in [-0.1, -0.05) is 60.2 Å². The van der Waals surface area contributed by atoms with Crippen LogP contribution in [0, 0.1) is 12.8 Å². The Morgan fingerprint density at radius 2 is 1.82 bits per heavy atom. The zero-order valence-electron chi connectivity index (χ0n) is 13.3. The van der Waals surface area contributed by atoms with Crippen molar-refractivity contribution in [2.24, 2.45) is 5.92 Å². The first-order chi connectivity index (χ1) is 10.7. The molecule has 0 radical (unpaired) electrons. The lowest BCUT2D eigenvalue weighted by molar-refractivity contribution is 0.0239. The zero-order chi connectivity index (χ0) is 15.4. The maximum atomic E-state index is 10.4. The summed E-state index contributed by atoms with van der Waals surface area (Å²) in [5.41, 5.74) is 3.99. The molecular formula is C20H25NO. The molecular weight excluding hydrogens is 270 g/mol. The van der Waals surface area contributed by atoms with Crippen LogP contribution in [-0.2, 0) is 13.0 Å². The number of benzene rings is 2. The predicted octanol–water partition coefficient (Wildman–Crippen LogP) is 3.42. The molecule has 2 aromatic rings. The van der Waals surface area contributed by atoms with Gasteiger partial charge < -0.3 is 5.11 Å². The van der Waals surface area contributed by atoms with Crippen LogP contribution in [0.3, 0.4) is 0 Å². The fraction of sp³-hybridized carbons (Fsp3) is 0.400. The highest BCUT2D eigenvalue weighted by Gasteiger charge is 2.27. The largest absolute Gasteiger partial charge is 0.393 e. The van der Waals surface area contributed by atoms with Gasteiger partial charge in [-0.15, -0.1) is 0 Å². The highest BCUT2D eigenvalue weighted by atomic mass is 16.3. The van der Waals surface area contributed by atoms with Crippen molar-refractivity contribution in [3.05, 3.63) is 71.3 Å². The minimum Gasteiger partial charge on any atom is -0.393 e. The summed E-state index contributed by atoms with van der Waals surface area (Å²) < 4.78 is 0. The van der Waals surface area contributed by atoms with Crippen LogP contribution in [0.4, 0.5) is 0 Å². The van der Waals surface area contributed by atoms with Gasteiger partial charge in [-0.3, -0.25) is 4.90 Å². The Balaban J connectivity index is 1.63. The molecule has 0 aliphatic carbocycles. The van der Waals surface area contributed by atoms with E-state index in [9.17, 15) is 5.11 Å². The monoisotopic (exact) mass is 295 g/mol. The molecule has 22 heavy (non-hydrogen) atoms. The van der Waals surface area contributed by atoms with E-state index in [4.69, 9.17) is 0 Å². The topological polar surface area (TPSA) is 23.5 Å². The number of hydrogen-bond acceptors (Lipinski definition) is 2. The number of aliphatic hydroxyl groups is 1. The summed E-state index contributed by atoms with van der Waals surface area (Å²) in [6.07, 6.45) is 1.67. The van der Waals surface area contributed by atoms with Crippen molar-refractivity contribution in [2.45, 2.75) is 32.4 Å². The molecule has 0 aromatic heterocycles. The Kier molecular flexibility index (Phi) is 4.91. The molecule has 2 aromatic carbocycles. The summed E-state index contributed by atoms with van der Waals surface area (Å²) in [4.78, 5) is 2.47. The minimum atomic E-state index is -0.174. The molecule has 1 fully saturated rings. The fourth-order valence-corrected chi connectivity index (χ4v) is 3.42. The summed E-state index contributed by atoms with van der Waals surface area (Å²) in [7, 11) is 0. The highest BCUT2D eigenvalue weighted by molar-refractivity contribution is 5.23. The van der Waals surface area contributed by atoms with Gasteiger partial charge in [0.2, 0.25) is 0 Å². The summed E-state index contributed by atoms with van der Waals surface area (Å²) in [6.45, 7) is 5.07. The van der Waals surface area contributed by atoms with E-state index < -0.39 is 0 Å². The molecule has 2 unspecified atom stereocenters. The molecule has 0 amide bonds. The maximum absolute atomic E-state index is 10.4. The van der Waals surface area contributed by atoms with Crippen molar-refractivity contribution in [3.8, 4) is 0 Å². The van der Waals surface area contributed by atoms with Crippen LogP contribution in [-0.4, -0.2) is 29.2 Å². The average molecular weight is 295 g/mol. The maximum Gasteiger partial charge on any atom is 0.0596 e. The van der Waals surface area contributed by atoms with Crippen LogP contribution in [0.5, 0.6) is 0 Å². The fourth-order valence-electron chi connectivity index (χ4n) is 3.42. The van der Waals surface area contributed by atoms with E-state index >= 15 is 0 Å². The first kappa shape index (κ1) is 15.3. The minimum absolute atomic E-state index is 0.174.